The van der Waals surface area contributed by atoms with E-state index in [9.17, 15) is 0 Å². The Balaban J connectivity index is 2.26. The molecule has 2 rings (SSSR count). The lowest BCUT2D eigenvalue weighted by Gasteiger charge is -2.42. The molecule has 1 fully saturated rings. The van der Waals surface area contributed by atoms with Crippen LogP contribution in [0.15, 0.2) is 23.5 Å². The van der Waals surface area contributed by atoms with Crippen molar-refractivity contribution in [1.82, 2.24) is 4.98 Å². The van der Waals surface area contributed by atoms with Gasteiger partial charge in [-0.25, -0.2) is 4.98 Å². The standard InChI is InChI=1S/C13H20N4O2/c1-9-7-17(8-13(2,3)19-9)11-6-10(4-5-15-11)12(14)16-18/h4-6,9,18H,7-8H2,1-3H3,(H2,14,16). The molecule has 6 nitrogen and oxygen atoms in total. The Morgan fingerprint density at radius 3 is 3.00 bits per heavy atom. The fourth-order valence-corrected chi connectivity index (χ4v) is 2.44. The molecule has 0 bridgehead atoms. The van der Waals surface area contributed by atoms with Crippen LogP contribution in [0.5, 0.6) is 0 Å². The summed E-state index contributed by atoms with van der Waals surface area (Å²) in [5.74, 6) is 0.900. The normalized spacial score (nSPS) is 23.4. The van der Waals surface area contributed by atoms with E-state index in [4.69, 9.17) is 15.7 Å². The van der Waals surface area contributed by atoms with Crippen LogP contribution in [0.2, 0.25) is 0 Å². The second-order valence-electron chi connectivity index (χ2n) is 5.46. The van der Waals surface area contributed by atoms with Gasteiger partial charge >= 0.3 is 0 Å². The molecule has 1 saturated heterocycles. The fraction of sp³-hybridized carbons (Fsp3) is 0.538. The zero-order chi connectivity index (χ0) is 14.0. The van der Waals surface area contributed by atoms with Gasteiger partial charge in [-0.15, -0.1) is 0 Å². The van der Waals surface area contributed by atoms with Gasteiger partial charge in [-0.3, -0.25) is 0 Å². The van der Waals surface area contributed by atoms with Gasteiger partial charge < -0.3 is 20.6 Å². The fourth-order valence-electron chi connectivity index (χ4n) is 2.44. The number of pyridine rings is 1. The topological polar surface area (TPSA) is 84.0 Å². The second-order valence-corrected chi connectivity index (χ2v) is 5.46. The number of rotatable bonds is 2. The van der Waals surface area contributed by atoms with Crippen LogP contribution in [0.1, 0.15) is 26.3 Å². The van der Waals surface area contributed by atoms with Crippen LogP contribution in [-0.4, -0.2) is 40.8 Å². The lowest BCUT2D eigenvalue weighted by atomic mass is 10.1. The number of oxime groups is 1. The van der Waals surface area contributed by atoms with Crippen LogP contribution < -0.4 is 10.6 Å². The SMILES string of the molecule is CC1CN(c2cc(C(N)=NO)ccn2)CC(C)(C)O1. The molecule has 6 heteroatoms. The number of nitrogens with two attached hydrogens (primary N) is 1. The molecular weight excluding hydrogens is 244 g/mol. The van der Waals surface area contributed by atoms with Gasteiger partial charge in [-0.1, -0.05) is 5.16 Å². The Morgan fingerprint density at radius 2 is 2.37 bits per heavy atom. The first-order valence-corrected chi connectivity index (χ1v) is 6.28. The highest BCUT2D eigenvalue weighted by molar-refractivity contribution is 5.97. The number of aromatic nitrogens is 1. The van der Waals surface area contributed by atoms with E-state index in [2.05, 4.69) is 28.9 Å². The molecule has 0 saturated carbocycles. The number of amidine groups is 1. The first-order chi connectivity index (χ1) is 8.91. The van der Waals surface area contributed by atoms with E-state index < -0.39 is 0 Å². The minimum atomic E-state index is -0.216. The van der Waals surface area contributed by atoms with Gasteiger partial charge in [-0.2, -0.15) is 0 Å². The van der Waals surface area contributed by atoms with Crippen molar-refractivity contribution in [2.75, 3.05) is 18.0 Å². The molecular formula is C13H20N4O2. The Bertz CT molecular complexity index is 487. The first-order valence-electron chi connectivity index (χ1n) is 6.28. The van der Waals surface area contributed by atoms with E-state index in [0.717, 1.165) is 18.9 Å². The summed E-state index contributed by atoms with van der Waals surface area (Å²) in [6.45, 7) is 7.69. The lowest BCUT2D eigenvalue weighted by Crippen LogP contribution is -2.52. The highest BCUT2D eigenvalue weighted by atomic mass is 16.5. The predicted molar refractivity (Wildman–Crippen MR) is 73.6 cm³/mol. The van der Waals surface area contributed by atoms with E-state index in [-0.39, 0.29) is 17.5 Å². The molecule has 0 amide bonds. The van der Waals surface area contributed by atoms with Crippen molar-refractivity contribution in [2.24, 2.45) is 10.9 Å². The summed E-state index contributed by atoms with van der Waals surface area (Å²) in [6.07, 6.45) is 1.80. The van der Waals surface area contributed by atoms with E-state index in [1.54, 1.807) is 12.3 Å². The van der Waals surface area contributed by atoms with Crippen LogP contribution in [-0.2, 0) is 4.74 Å². The third kappa shape index (κ3) is 3.14. The lowest BCUT2D eigenvalue weighted by molar-refractivity contribution is -0.0751. The summed E-state index contributed by atoms with van der Waals surface area (Å²) in [4.78, 5) is 6.51. The molecule has 19 heavy (non-hydrogen) atoms. The van der Waals surface area contributed by atoms with Crippen molar-refractivity contribution in [3.63, 3.8) is 0 Å². The highest BCUT2D eigenvalue weighted by Crippen LogP contribution is 2.25. The molecule has 1 aliphatic rings. The van der Waals surface area contributed by atoms with Gasteiger partial charge in [0.1, 0.15) is 5.82 Å². The summed E-state index contributed by atoms with van der Waals surface area (Å²) < 4.78 is 5.87. The molecule has 1 aliphatic heterocycles. The quantitative estimate of drug-likeness (QED) is 0.363. The Hall–Kier alpha value is -1.82. The molecule has 104 valence electrons. The molecule has 0 radical (unpaired) electrons. The predicted octanol–water partition coefficient (Wildman–Crippen LogP) is 1.18. The number of nitrogens with zero attached hydrogens (tertiary/aromatic N) is 3. The third-order valence-corrected chi connectivity index (χ3v) is 3.04. The monoisotopic (exact) mass is 264 g/mol. The van der Waals surface area contributed by atoms with Crippen molar-refractivity contribution < 1.29 is 9.94 Å². The molecule has 1 atom stereocenters. The molecule has 1 unspecified atom stereocenters. The maximum absolute atomic E-state index is 8.72. The first kappa shape index (κ1) is 13.6. The molecule has 1 aromatic heterocycles. The summed E-state index contributed by atoms with van der Waals surface area (Å²) in [7, 11) is 0. The van der Waals surface area contributed by atoms with Crippen molar-refractivity contribution in [2.45, 2.75) is 32.5 Å². The van der Waals surface area contributed by atoms with E-state index in [1.165, 1.54) is 0 Å². The van der Waals surface area contributed by atoms with E-state index in [0.29, 0.717) is 5.56 Å². The summed E-state index contributed by atoms with van der Waals surface area (Å²) in [5.41, 5.74) is 6.04. The average Bonchev–Trinajstić information content (AvgIpc) is 2.35. The molecule has 0 aliphatic carbocycles. The largest absolute Gasteiger partial charge is 0.409 e. The number of hydrogen-bond donors (Lipinski definition) is 2. The number of anilines is 1. The van der Waals surface area contributed by atoms with Gasteiger partial charge in [0.25, 0.3) is 0 Å². The average molecular weight is 264 g/mol. The zero-order valence-corrected chi connectivity index (χ0v) is 11.5. The van der Waals surface area contributed by atoms with Crippen LogP contribution in [0.3, 0.4) is 0 Å². The summed E-state index contributed by atoms with van der Waals surface area (Å²) >= 11 is 0. The Kier molecular flexibility index (Phi) is 3.61. The number of ether oxygens (including phenoxy) is 1. The molecule has 3 N–H and O–H groups in total. The number of hydrogen-bond acceptors (Lipinski definition) is 5. The van der Waals surface area contributed by atoms with Crippen LogP contribution >= 0.6 is 0 Å². The van der Waals surface area contributed by atoms with Gasteiger partial charge in [-0.05, 0) is 32.9 Å². The van der Waals surface area contributed by atoms with Crippen molar-refractivity contribution in [3.8, 4) is 0 Å². The van der Waals surface area contributed by atoms with Gasteiger partial charge in [0.05, 0.1) is 11.7 Å². The number of morpholine rings is 1. The van der Waals surface area contributed by atoms with Crippen molar-refractivity contribution in [1.29, 1.82) is 0 Å². The van der Waals surface area contributed by atoms with Crippen molar-refractivity contribution in [3.05, 3.63) is 23.9 Å². The molecule has 1 aromatic rings. The zero-order valence-electron chi connectivity index (χ0n) is 11.5. The van der Waals surface area contributed by atoms with Gasteiger partial charge in [0.15, 0.2) is 5.84 Å². The molecule has 2 heterocycles. The molecule has 0 aromatic carbocycles. The van der Waals surface area contributed by atoms with Gasteiger partial charge in [0.2, 0.25) is 0 Å². The minimum absolute atomic E-state index is 0.0872. The maximum atomic E-state index is 8.72. The van der Waals surface area contributed by atoms with Crippen molar-refractivity contribution >= 4 is 11.7 Å². The second kappa shape index (κ2) is 5.05. The van der Waals surface area contributed by atoms with Crippen LogP contribution in [0.4, 0.5) is 5.82 Å². The summed E-state index contributed by atoms with van der Waals surface area (Å²) in [6, 6.07) is 3.54. The van der Waals surface area contributed by atoms with E-state index >= 15 is 0 Å². The maximum Gasteiger partial charge on any atom is 0.170 e. The molecule has 0 spiro atoms. The third-order valence-electron chi connectivity index (χ3n) is 3.04. The highest BCUT2D eigenvalue weighted by Gasteiger charge is 2.31. The van der Waals surface area contributed by atoms with Crippen LogP contribution in [0.25, 0.3) is 0 Å². The Morgan fingerprint density at radius 1 is 1.63 bits per heavy atom. The Labute approximate surface area is 112 Å². The minimum Gasteiger partial charge on any atom is -0.409 e. The summed E-state index contributed by atoms with van der Waals surface area (Å²) in [5, 5.41) is 11.7. The smallest absolute Gasteiger partial charge is 0.170 e. The van der Waals surface area contributed by atoms with Crippen LogP contribution in [0, 0.1) is 0 Å². The van der Waals surface area contributed by atoms with E-state index in [1.807, 2.05) is 13.0 Å². The van der Waals surface area contributed by atoms with Gasteiger partial charge in [0, 0.05) is 24.8 Å².